The fraction of sp³-hybridized carbons (Fsp3) is 0.444. The first-order chi connectivity index (χ1) is 9.12. The Kier molecular flexibility index (Phi) is 5.50. The lowest BCUT2D eigenvalue weighted by atomic mass is 10.4. The van der Waals surface area contributed by atoms with Crippen molar-refractivity contribution in [3.63, 3.8) is 0 Å². The van der Waals surface area contributed by atoms with Gasteiger partial charge in [0, 0.05) is 11.9 Å². The number of alkyl halides is 3. The van der Waals surface area contributed by atoms with Crippen molar-refractivity contribution in [2.45, 2.75) is 10.4 Å². The summed E-state index contributed by atoms with van der Waals surface area (Å²) in [5, 5.41) is 9.80. The number of rotatable bonds is 7. The monoisotopic (exact) mass is 333 g/mol. The van der Waals surface area contributed by atoms with Gasteiger partial charge >= 0.3 is 12.1 Å². The van der Waals surface area contributed by atoms with Crippen LogP contribution < -0.4 is 4.72 Å². The molecule has 0 aliphatic carbocycles. The minimum atomic E-state index is -4.47. The van der Waals surface area contributed by atoms with Crippen LogP contribution in [0.5, 0.6) is 0 Å². The topological polar surface area (TPSA) is 92.7 Å². The smallest absolute Gasteiger partial charge is 0.411 e. The Hall–Kier alpha value is -1.17. The average molecular weight is 333 g/mol. The number of nitrogens with one attached hydrogen (secondary N) is 1. The van der Waals surface area contributed by atoms with Gasteiger partial charge in [-0.3, -0.25) is 0 Å². The van der Waals surface area contributed by atoms with Crippen molar-refractivity contribution in [1.82, 2.24) is 4.72 Å². The second-order valence-electron chi connectivity index (χ2n) is 3.53. The van der Waals surface area contributed by atoms with Crippen molar-refractivity contribution in [2.75, 3.05) is 19.8 Å². The van der Waals surface area contributed by atoms with Gasteiger partial charge in [0.25, 0.3) is 0 Å². The maximum absolute atomic E-state index is 11.7. The molecular formula is C9H10F3NO5S2. The molecule has 20 heavy (non-hydrogen) atoms. The van der Waals surface area contributed by atoms with Gasteiger partial charge in [-0.2, -0.15) is 13.2 Å². The van der Waals surface area contributed by atoms with Crippen LogP contribution in [-0.2, 0) is 14.8 Å². The number of thiophene rings is 1. The fourth-order valence-corrected chi connectivity index (χ4v) is 3.29. The molecule has 0 unspecified atom stereocenters. The van der Waals surface area contributed by atoms with E-state index in [2.05, 4.69) is 4.74 Å². The molecule has 1 rings (SSSR count). The maximum Gasteiger partial charge on any atom is 0.411 e. The predicted octanol–water partition coefficient (Wildman–Crippen LogP) is 1.30. The number of carboxylic acid groups (broad SMARTS) is 1. The molecule has 0 fully saturated rings. The van der Waals surface area contributed by atoms with Crippen molar-refractivity contribution < 1.29 is 36.2 Å². The van der Waals surface area contributed by atoms with E-state index >= 15 is 0 Å². The van der Waals surface area contributed by atoms with Crippen LogP contribution in [0, 0.1) is 0 Å². The largest absolute Gasteiger partial charge is 0.478 e. The van der Waals surface area contributed by atoms with Gasteiger partial charge in [0.15, 0.2) is 0 Å². The van der Waals surface area contributed by atoms with E-state index in [4.69, 9.17) is 5.11 Å². The van der Waals surface area contributed by atoms with Crippen LogP contribution in [0.4, 0.5) is 13.2 Å². The van der Waals surface area contributed by atoms with Crippen LogP contribution >= 0.6 is 11.3 Å². The van der Waals surface area contributed by atoms with Crippen LogP contribution in [0.3, 0.4) is 0 Å². The van der Waals surface area contributed by atoms with E-state index in [0.29, 0.717) is 11.3 Å². The van der Waals surface area contributed by atoms with E-state index in [0.717, 1.165) is 11.4 Å². The highest BCUT2D eigenvalue weighted by Crippen LogP contribution is 2.20. The third-order valence-electron chi connectivity index (χ3n) is 1.89. The molecule has 2 N–H and O–H groups in total. The molecule has 11 heteroatoms. The van der Waals surface area contributed by atoms with Crippen LogP contribution in [0.1, 0.15) is 10.4 Å². The molecule has 1 heterocycles. The van der Waals surface area contributed by atoms with Gasteiger partial charge in [-0.25, -0.2) is 17.9 Å². The molecule has 1 aromatic heterocycles. The Bertz CT molecular complexity index is 566. The predicted molar refractivity (Wildman–Crippen MR) is 63.3 cm³/mol. The highest BCUT2D eigenvalue weighted by Gasteiger charge is 2.27. The number of hydrogen-bond acceptors (Lipinski definition) is 5. The molecule has 114 valence electrons. The van der Waals surface area contributed by atoms with Crippen LogP contribution in [0.15, 0.2) is 15.7 Å². The highest BCUT2D eigenvalue weighted by molar-refractivity contribution is 7.91. The first kappa shape index (κ1) is 16.9. The lowest BCUT2D eigenvalue weighted by Gasteiger charge is -2.08. The number of halogens is 3. The number of hydrogen-bond donors (Lipinski definition) is 2. The summed E-state index contributed by atoms with van der Waals surface area (Å²) in [6, 6.07) is 0.964. The Morgan fingerprint density at radius 2 is 2.10 bits per heavy atom. The standard InChI is InChI=1S/C9H10F3NO5S2/c10-9(11,12)5-18-2-1-13-20(16,17)7-3-6(4-19-7)8(14)15/h3-4,13H,1-2,5H2,(H,14,15). The molecule has 0 radical (unpaired) electrons. The van der Waals surface area contributed by atoms with Crippen molar-refractivity contribution in [3.8, 4) is 0 Å². The van der Waals surface area contributed by atoms with Crippen molar-refractivity contribution in [3.05, 3.63) is 17.0 Å². The molecule has 6 nitrogen and oxygen atoms in total. The van der Waals surface area contributed by atoms with Crippen LogP contribution in [0.2, 0.25) is 0 Å². The van der Waals surface area contributed by atoms with Gasteiger partial charge in [0.05, 0.1) is 12.2 Å². The zero-order valence-electron chi connectivity index (χ0n) is 9.81. The summed E-state index contributed by atoms with van der Waals surface area (Å²) < 4.78 is 64.6. The van der Waals surface area contributed by atoms with Gasteiger partial charge in [0.1, 0.15) is 10.8 Å². The molecule has 0 spiro atoms. The molecule has 0 aromatic carbocycles. The SMILES string of the molecule is O=C(O)c1csc(S(=O)(=O)NCCOCC(F)(F)F)c1. The zero-order chi connectivity index (χ0) is 15.4. The molecule has 0 amide bonds. The number of sulfonamides is 1. The van der Waals surface area contributed by atoms with Gasteiger partial charge in [-0.15, -0.1) is 11.3 Å². The second kappa shape index (κ2) is 6.52. The lowest BCUT2D eigenvalue weighted by Crippen LogP contribution is -2.28. The number of aromatic carboxylic acids is 1. The molecule has 0 bridgehead atoms. The Labute approximate surface area is 116 Å². The van der Waals surface area contributed by atoms with E-state index < -0.39 is 35.4 Å². The number of ether oxygens (including phenoxy) is 1. The maximum atomic E-state index is 11.7. The molecular weight excluding hydrogens is 323 g/mol. The van der Waals surface area contributed by atoms with E-state index in [9.17, 15) is 26.4 Å². The normalized spacial score (nSPS) is 12.6. The summed E-state index contributed by atoms with van der Waals surface area (Å²) in [5.74, 6) is -1.27. The van der Waals surface area contributed by atoms with E-state index in [1.165, 1.54) is 0 Å². The summed E-state index contributed by atoms with van der Waals surface area (Å²) in [5.41, 5.74) is -0.177. The Morgan fingerprint density at radius 1 is 1.45 bits per heavy atom. The summed E-state index contributed by atoms with van der Waals surface area (Å²) in [6.07, 6.45) is -4.47. The summed E-state index contributed by atoms with van der Waals surface area (Å²) in [7, 11) is -3.94. The molecule has 1 aromatic rings. The third-order valence-corrected chi connectivity index (χ3v) is 4.79. The summed E-state index contributed by atoms with van der Waals surface area (Å²) in [6.45, 7) is -2.26. The van der Waals surface area contributed by atoms with Crippen LogP contribution in [0.25, 0.3) is 0 Å². The van der Waals surface area contributed by atoms with Crippen molar-refractivity contribution >= 4 is 27.3 Å². The summed E-state index contributed by atoms with van der Waals surface area (Å²) in [4.78, 5) is 10.6. The average Bonchev–Trinajstić information content (AvgIpc) is 2.76. The number of carboxylic acids is 1. The zero-order valence-corrected chi connectivity index (χ0v) is 11.4. The quantitative estimate of drug-likeness (QED) is 0.734. The second-order valence-corrected chi connectivity index (χ2v) is 6.43. The first-order valence-corrected chi connectivity index (χ1v) is 7.44. The van der Waals surface area contributed by atoms with Gasteiger partial charge in [-0.1, -0.05) is 0 Å². The molecule has 0 saturated carbocycles. The lowest BCUT2D eigenvalue weighted by molar-refractivity contribution is -0.173. The fourth-order valence-electron chi connectivity index (χ4n) is 1.08. The van der Waals surface area contributed by atoms with E-state index in [1.54, 1.807) is 0 Å². The van der Waals surface area contributed by atoms with E-state index in [-0.39, 0.29) is 16.3 Å². The van der Waals surface area contributed by atoms with Gasteiger partial charge in [-0.05, 0) is 6.07 Å². The Morgan fingerprint density at radius 3 is 2.60 bits per heavy atom. The van der Waals surface area contributed by atoms with Crippen molar-refractivity contribution in [2.24, 2.45) is 0 Å². The molecule has 0 saturated heterocycles. The van der Waals surface area contributed by atoms with Gasteiger partial charge in [0.2, 0.25) is 10.0 Å². The Balaban J connectivity index is 2.47. The molecule has 0 aliphatic heterocycles. The van der Waals surface area contributed by atoms with Crippen molar-refractivity contribution in [1.29, 1.82) is 0 Å². The molecule has 0 atom stereocenters. The van der Waals surface area contributed by atoms with Crippen LogP contribution in [-0.4, -0.2) is 45.4 Å². The molecule has 0 aliphatic rings. The van der Waals surface area contributed by atoms with E-state index in [1.807, 2.05) is 4.72 Å². The minimum absolute atomic E-state index is 0.177. The van der Waals surface area contributed by atoms with Gasteiger partial charge < -0.3 is 9.84 Å². The number of carbonyl (C=O) groups is 1. The first-order valence-electron chi connectivity index (χ1n) is 5.08. The summed E-state index contributed by atoms with van der Waals surface area (Å²) >= 11 is 0.701. The minimum Gasteiger partial charge on any atom is -0.478 e. The third kappa shape index (κ3) is 5.45. The highest BCUT2D eigenvalue weighted by atomic mass is 32.2.